The molecule has 0 unspecified atom stereocenters. The summed E-state index contributed by atoms with van der Waals surface area (Å²) in [5, 5.41) is 5.15. The van der Waals surface area contributed by atoms with Gasteiger partial charge in [-0.2, -0.15) is 0 Å². The highest BCUT2D eigenvalue weighted by atomic mass is 16.5. The number of aryl methyl sites for hydroxylation is 2. The van der Waals surface area contributed by atoms with Crippen LogP contribution in [0.4, 0.5) is 0 Å². The number of methoxy groups -OCH3 is 1. The van der Waals surface area contributed by atoms with E-state index in [2.05, 4.69) is 17.1 Å². The van der Waals surface area contributed by atoms with Crippen LogP contribution in [0.2, 0.25) is 0 Å². The molecule has 0 aliphatic carbocycles. The van der Waals surface area contributed by atoms with Crippen molar-refractivity contribution in [1.82, 2.24) is 19.2 Å². The Kier molecular flexibility index (Phi) is 5.46. The van der Waals surface area contributed by atoms with Crippen molar-refractivity contribution in [2.75, 3.05) is 7.11 Å². The van der Waals surface area contributed by atoms with Gasteiger partial charge < -0.3 is 4.74 Å². The van der Waals surface area contributed by atoms with E-state index in [0.29, 0.717) is 28.7 Å². The van der Waals surface area contributed by atoms with Crippen LogP contribution in [0.15, 0.2) is 95.1 Å². The number of H-pyrrole nitrogens is 1. The van der Waals surface area contributed by atoms with Crippen molar-refractivity contribution in [3.63, 3.8) is 0 Å². The summed E-state index contributed by atoms with van der Waals surface area (Å²) in [6, 6.07) is 25.3. The average molecular weight is 476 g/mol. The lowest BCUT2D eigenvalue weighted by molar-refractivity contribution is -0.357. The zero-order valence-electron chi connectivity index (χ0n) is 19.6. The second kappa shape index (κ2) is 9.07. The lowest BCUT2D eigenvalue weighted by Crippen LogP contribution is -2.27. The largest absolute Gasteiger partial charge is 0.497 e. The molecule has 3 aromatic heterocycles. The van der Waals surface area contributed by atoms with Gasteiger partial charge in [0.15, 0.2) is 11.7 Å². The van der Waals surface area contributed by atoms with E-state index in [1.165, 1.54) is 5.56 Å². The lowest BCUT2D eigenvalue weighted by Gasteiger charge is -2.02. The maximum atomic E-state index is 13.7. The number of benzene rings is 3. The van der Waals surface area contributed by atoms with Crippen LogP contribution in [-0.4, -0.2) is 32.5 Å². The molecule has 0 atom stereocenters. The molecule has 6 rings (SSSR count). The Morgan fingerprint density at radius 1 is 0.972 bits per heavy atom. The summed E-state index contributed by atoms with van der Waals surface area (Å²) in [6.07, 6.45) is 4.15. The van der Waals surface area contributed by atoms with E-state index >= 15 is 0 Å². The molecule has 0 aliphatic heterocycles. The van der Waals surface area contributed by atoms with Gasteiger partial charge in [-0.25, -0.2) is 24.3 Å². The Labute approximate surface area is 206 Å². The van der Waals surface area contributed by atoms with Crippen molar-refractivity contribution in [3.05, 3.63) is 107 Å². The van der Waals surface area contributed by atoms with Crippen molar-refractivity contribution in [2.24, 2.45) is 5.10 Å². The van der Waals surface area contributed by atoms with Crippen LogP contribution in [0, 0.1) is 0 Å². The van der Waals surface area contributed by atoms with E-state index in [4.69, 9.17) is 19.8 Å². The Morgan fingerprint density at radius 3 is 2.56 bits per heavy atom. The molecular weight excluding hydrogens is 452 g/mol. The van der Waals surface area contributed by atoms with E-state index in [1.54, 1.807) is 28.9 Å². The van der Waals surface area contributed by atoms with Gasteiger partial charge in [-0.1, -0.05) is 54.6 Å². The first kappa shape index (κ1) is 21.7. The van der Waals surface area contributed by atoms with Gasteiger partial charge in [0.1, 0.15) is 11.3 Å². The molecule has 1 N–H and O–H groups in total. The van der Waals surface area contributed by atoms with Gasteiger partial charge in [0.05, 0.1) is 30.9 Å². The molecule has 0 radical (unpaired) electrons. The molecule has 0 saturated heterocycles. The smallest absolute Gasteiger partial charge is 0.322 e. The van der Waals surface area contributed by atoms with Gasteiger partial charge >= 0.3 is 5.56 Å². The average Bonchev–Trinajstić information content (AvgIpc) is 3.23. The number of aromatic amines is 1. The number of hydrogen-bond acceptors (Lipinski definition) is 5. The van der Waals surface area contributed by atoms with Gasteiger partial charge in [0, 0.05) is 6.42 Å². The van der Waals surface area contributed by atoms with Gasteiger partial charge in [-0.3, -0.25) is 0 Å². The molecule has 8 nitrogen and oxygen atoms in total. The highest BCUT2D eigenvalue weighted by Crippen LogP contribution is 2.24. The standard InChI is InChI=1S/C28H22N6O2/c1-36-21-11-7-10-20(16-21)17-30-34-26-24(25-27(34)32-23-13-6-5-12-22(23)31-25)28(35)33(18-29-26)15-14-19-8-3-2-4-9-19/h2-13,16-18H,14-15H2,1H3/p+1. The lowest BCUT2D eigenvalue weighted by atomic mass is 10.1. The Bertz CT molecular complexity index is 1800. The van der Waals surface area contributed by atoms with Gasteiger partial charge in [-0.15, -0.1) is 9.78 Å². The molecule has 176 valence electrons. The molecule has 0 bridgehead atoms. The van der Waals surface area contributed by atoms with E-state index in [0.717, 1.165) is 28.8 Å². The number of para-hydroxylation sites is 2. The Hall–Kier alpha value is -4.85. The van der Waals surface area contributed by atoms with Crippen molar-refractivity contribution >= 4 is 39.4 Å². The first-order valence-electron chi connectivity index (χ1n) is 11.7. The summed E-state index contributed by atoms with van der Waals surface area (Å²) in [4.78, 5) is 26.6. The number of hydrogen-bond donors (Lipinski definition) is 0. The number of fused-ring (bicyclic) bond motifs is 4. The maximum absolute atomic E-state index is 13.7. The quantitative estimate of drug-likeness (QED) is 0.342. The first-order valence-corrected chi connectivity index (χ1v) is 11.7. The van der Waals surface area contributed by atoms with Gasteiger partial charge in [0.2, 0.25) is 5.65 Å². The summed E-state index contributed by atoms with van der Waals surface area (Å²) in [5.74, 6) is 0.736. The highest BCUT2D eigenvalue weighted by Gasteiger charge is 2.24. The second-order valence-corrected chi connectivity index (χ2v) is 8.45. The predicted molar refractivity (Wildman–Crippen MR) is 139 cm³/mol. The Balaban J connectivity index is 1.53. The molecule has 8 heteroatoms. The number of nitrogens with zero attached hydrogens (tertiary/aromatic N) is 5. The summed E-state index contributed by atoms with van der Waals surface area (Å²) >= 11 is 0. The first-order chi connectivity index (χ1) is 17.7. The van der Waals surface area contributed by atoms with Crippen molar-refractivity contribution in [2.45, 2.75) is 13.0 Å². The van der Waals surface area contributed by atoms with Crippen molar-refractivity contribution < 1.29 is 9.72 Å². The number of aromatic nitrogens is 5. The SMILES string of the molecule is COc1cccc(C=Nn2c3nc4ccccc4nc3c3c(=O)n(CCc4ccccc4)c[nH+]c32)c1. The summed E-state index contributed by atoms with van der Waals surface area (Å²) in [7, 11) is 1.63. The summed E-state index contributed by atoms with van der Waals surface area (Å²) in [6.45, 7) is 0.538. The van der Waals surface area contributed by atoms with Gasteiger partial charge in [0.25, 0.3) is 5.65 Å². The van der Waals surface area contributed by atoms with Crippen LogP contribution in [0.25, 0.3) is 33.2 Å². The molecule has 3 heterocycles. The minimum Gasteiger partial charge on any atom is -0.497 e. The monoisotopic (exact) mass is 475 g/mol. The van der Waals surface area contributed by atoms with Crippen molar-refractivity contribution in [3.8, 4) is 5.75 Å². The molecule has 0 saturated carbocycles. The van der Waals surface area contributed by atoms with E-state index in [1.807, 2.05) is 66.7 Å². The fourth-order valence-corrected chi connectivity index (χ4v) is 4.33. The number of rotatable bonds is 6. The van der Waals surface area contributed by atoms with E-state index in [-0.39, 0.29) is 5.56 Å². The normalized spacial score (nSPS) is 11.7. The second-order valence-electron chi connectivity index (χ2n) is 8.45. The molecule has 0 fully saturated rings. The highest BCUT2D eigenvalue weighted by molar-refractivity contribution is 6.03. The zero-order valence-corrected chi connectivity index (χ0v) is 19.6. The molecule has 0 spiro atoms. The molecule has 0 aliphatic rings. The third kappa shape index (κ3) is 3.88. The number of nitrogens with one attached hydrogen (secondary N) is 1. The molecule has 0 amide bonds. The fourth-order valence-electron chi connectivity index (χ4n) is 4.33. The molecular formula is C28H23N6O2+. The third-order valence-electron chi connectivity index (χ3n) is 6.17. The molecule has 36 heavy (non-hydrogen) atoms. The van der Waals surface area contributed by atoms with E-state index in [9.17, 15) is 4.79 Å². The van der Waals surface area contributed by atoms with Crippen molar-refractivity contribution in [1.29, 1.82) is 0 Å². The fraction of sp³-hybridized carbons (Fsp3) is 0.107. The minimum atomic E-state index is -0.135. The van der Waals surface area contributed by atoms with Crippen LogP contribution >= 0.6 is 0 Å². The van der Waals surface area contributed by atoms with Crippen LogP contribution in [-0.2, 0) is 13.0 Å². The summed E-state index contributed by atoms with van der Waals surface area (Å²) in [5.41, 5.74) is 4.91. The zero-order chi connectivity index (χ0) is 24.5. The predicted octanol–water partition coefficient (Wildman–Crippen LogP) is 3.85. The molecule has 3 aromatic carbocycles. The van der Waals surface area contributed by atoms with Crippen LogP contribution < -0.4 is 15.3 Å². The van der Waals surface area contributed by atoms with Crippen LogP contribution in [0.3, 0.4) is 0 Å². The summed E-state index contributed by atoms with van der Waals surface area (Å²) < 4.78 is 8.65. The maximum Gasteiger partial charge on any atom is 0.322 e. The van der Waals surface area contributed by atoms with Gasteiger partial charge in [-0.05, 0) is 35.4 Å². The Morgan fingerprint density at radius 2 is 1.75 bits per heavy atom. The van der Waals surface area contributed by atoms with Crippen LogP contribution in [0.1, 0.15) is 11.1 Å². The third-order valence-corrected chi connectivity index (χ3v) is 6.17. The topological polar surface area (TPSA) is 88.4 Å². The van der Waals surface area contributed by atoms with Crippen LogP contribution in [0.5, 0.6) is 5.75 Å². The number of ether oxygens (including phenoxy) is 1. The van der Waals surface area contributed by atoms with E-state index < -0.39 is 0 Å². The molecule has 6 aromatic rings. The minimum absolute atomic E-state index is 0.135.